The summed E-state index contributed by atoms with van der Waals surface area (Å²) < 4.78 is 13.3. The van der Waals surface area contributed by atoms with Crippen molar-refractivity contribution in [1.29, 1.82) is 0 Å². The summed E-state index contributed by atoms with van der Waals surface area (Å²) in [6, 6.07) is 0.227. The second kappa shape index (κ2) is 4.25. The molecule has 1 aromatic rings. The lowest BCUT2D eigenvalue weighted by molar-refractivity contribution is -0.406. The summed E-state index contributed by atoms with van der Waals surface area (Å²) in [6.07, 6.45) is 0. The predicted octanol–water partition coefficient (Wildman–Crippen LogP) is 2.20. The summed E-state index contributed by atoms with van der Waals surface area (Å²) in [6.45, 7) is 0. The van der Waals surface area contributed by atoms with E-state index in [2.05, 4.69) is 0 Å². The molecule has 0 bridgehead atoms. The van der Waals surface area contributed by atoms with Crippen LogP contribution in [-0.4, -0.2) is 14.8 Å². The van der Waals surface area contributed by atoms with Gasteiger partial charge in [0.2, 0.25) is 0 Å². The molecule has 0 saturated carbocycles. The Balaban J connectivity index is 3.76. The number of nitrogens with zero attached hydrogens (tertiary/aromatic N) is 3. The first-order valence-corrected chi connectivity index (χ1v) is 4.10. The molecular weight excluding hydrogens is 265 g/mol. The van der Waals surface area contributed by atoms with Gasteiger partial charge in [0.05, 0.1) is 20.8 Å². The Morgan fingerprint density at radius 1 is 1.00 bits per heavy atom. The number of hydrogen-bond donors (Lipinski definition) is 0. The fraction of sp³-hybridized carbons (Fsp3) is 0. The summed E-state index contributed by atoms with van der Waals surface area (Å²) >= 11 is 5.23. The third kappa shape index (κ3) is 2.10. The summed E-state index contributed by atoms with van der Waals surface area (Å²) in [7, 11) is 0. The smallest absolute Gasteiger partial charge is 0.258 e. The standard InChI is InChI=1S/C6HClFN3O6/c7-4-2(9(12)13)1-3(10(14)15)5(8)6(4)11(16)17/h1H. The van der Waals surface area contributed by atoms with E-state index in [-0.39, 0.29) is 6.07 Å². The molecule has 0 atom stereocenters. The summed E-state index contributed by atoms with van der Waals surface area (Å²) in [5.74, 6) is -1.82. The van der Waals surface area contributed by atoms with Crippen LogP contribution >= 0.6 is 11.6 Å². The predicted molar refractivity (Wildman–Crippen MR) is 51.4 cm³/mol. The second-order valence-corrected chi connectivity index (χ2v) is 3.04. The van der Waals surface area contributed by atoms with Crippen molar-refractivity contribution in [2.75, 3.05) is 0 Å². The normalized spacial score (nSPS) is 10.0. The lowest BCUT2D eigenvalue weighted by Crippen LogP contribution is -2.02. The Labute approximate surface area is 95.9 Å². The topological polar surface area (TPSA) is 129 Å². The highest BCUT2D eigenvalue weighted by Crippen LogP contribution is 2.40. The minimum absolute atomic E-state index is 0.227. The monoisotopic (exact) mass is 265 g/mol. The molecule has 0 aliphatic carbocycles. The quantitative estimate of drug-likeness (QED) is 0.608. The van der Waals surface area contributed by atoms with E-state index in [1.165, 1.54) is 0 Å². The van der Waals surface area contributed by atoms with E-state index < -0.39 is 42.7 Å². The van der Waals surface area contributed by atoms with Gasteiger partial charge in [0.15, 0.2) is 5.02 Å². The van der Waals surface area contributed by atoms with Gasteiger partial charge >= 0.3 is 17.1 Å². The third-order valence-corrected chi connectivity index (χ3v) is 2.09. The molecule has 0 aromatic heterocycles. The second-order valence-electron chi connectivity index (χ2n) is 2.66. The van der Waals surface area contributed by atoms with Gasteiger partial charge in [0, 0.05) is 0 Å². The van der Waals surface area contributed by atoms with Crippen molar-refractivity contribution in [2.45, 2.75) is 0 Å². The number of benzene rings is 1. The number of nitro benzene ring substituents is 3. The molecule has 0 N–H and O–H groups in total. The third-order valence-electron chi connectivity index (χ3n) is 1.71. The van der Waals surface area contributed by atoms with Gasteiger partial charge in [-0.2, -0.15) is 4.39 Å². The first-order chi connectivity index (χ1) is 7.77. The minimum Gasteiger partial charge on any atom is -0.258 e. The Hall–Kier alpha value is -2.36. The fourth-order valence-electron chi connectivity index (χ4n) is 1.02. The van der Waals surface area contributed by atoms with E-state index in [0.717, 1.165) is 0 Å². The van der Waals surface area contributed by atoms with Crippen molar-refractivity contribution in [1.82, 2.24) is 0 Å². The molecule has 0 fully saturated rings. The van der Waals surface area contributed by atoms with E-state index >= 15 is 0 Å². The van der Waals surface area contributed by atoms with E-state index in [0.29, 0.717) is 0 Å². The molecule has 0 radical (unpaired) electrons. The van der Waals surface area contributed by atoms with Crippen LogP contribution in [0.4, 0.5) is 21.5 Å². The molecule has 0 heterocycles. The van der Waals surface area contributed by atoms with Gasteiger partial charge in [-0.15, -0.1) is 0 Å². The van der Waals surface area contributed by atoms with Crippen LogP contribution in [0.3, 0.4) is 0 Å². The SMILES string of the molecule is O=[N+]([O-])c1cc([N+](=O)[O-])c(Cl)c([N+](=O)[O-])c1F. The number of rotatable bonds is 3. The number of halogens is 2. The molecule has 0 saturated heterocycles. The van der Waals surface area contributed by atoms with Crippen molar-refractivity contribution in [2.24, 2.45) is 0 Å². The van der Waals surface area contributed by atoms with Gasteiger partial charge in [-0.05, 0) is 0 Å². The van der Waals surface area contributed by atoms with E-state index in [1.54, 1.807) is 0 Å². The van der Waals surface area contributed by atoms with Gasteiger partial charge in [-0.1, -0.05) is 11.6 Å². The molecule has 0 amide bonds. The van der Waals surface area contributed by atoms with Crippen LogP contribution in [0.5, 0.6) is 0 Å². The van der Waals surface area contributed by atoms with Crippen molar-refractivity contribution in [3.8, 4) is 0 Å². The first kappa shape index (κ1) is 12.7. The Morgan fingerprint density at radius 3 is 1.82 bits per heavy atom. The lowest BCUT2D eigenvalue weighted by Gasteiger charge is -1.99. The van der Waals surface area contributed by atoms with E-state index in [1.807, 2.05) is 0 Å². The molecule has 11 heteroatoms. The maximum atomic E-state index is 13.3. The number of nitro groups is 3. The van der Waals surface area contributed by atoms with Gasteiger partial charge in [0.25, 0.3) is 5.82 Å². The average Bonchev–Trinajstić information content (AvgIpc) is 2.15. The number of hydrogen-bond acceptors (Lipinski definition) is 6. The minimum atomic E-state index is -1.82. The molecular formula is C6HClFN3O6. The molecule has 1 rings (SSSR count). The van der Waals surface area contributed by atoms with Crippen LogP contribution in [0.1, 0.15) is 0 Å². The van der Waals surface area contributed by atoms with Crippen LogP contribution in [0.2, 0.25) is 5.02 Å². The molecule has 17 heavy (non-hydrogen) atoms. The van der Waals surface area contributed by atoms with Crippen molar-refractivity contribution < 1.29 is 19.2 Å². The van der Waals surface area contributed by atoms with Crippen LogP contribution < -0.4 is 0 Å². The van der Waals surface area contributed by atoms with Crippen LogP contribution in [-0.2, 0) is 0 Å². The maximum Gasteiger partial charge on any atom is 0.337 e. The average molecular weight is 266 g/mol. The van der Waals surface area contributed by atoms with Crippen molar-refractivity contribution in [3.63, 3.8) is 0 Å². The highest BCUT2D eigenvalue weighted by molar-refractivity contribution is 6.34. The molecule has 0 unspecified atom stereocenters. The summed E-state index contributed by atoms with van der Waals surface area (Å²) in [5, 5.41) is 30.1. The van der Waals surface area contributed by atoms with Crippen LogP contribution in [0, 0.1) is 36.2 Å². The highest BCUT2D eigenvalue weighted by atomic mass is 35.5. The fourth-order valence-corrected chi connectivity index (χ4v) is 1.30. The largest absolute Gasteiger partial charge is 0.337 e. The first-order valence-electron chi connectivity index (χ1n) is 3.72. The molecule has 0 aliphatic heterocycles. The Bertz CT molecular complexity index is 509. The Morgan fingerprint density at radius 2 is 1.47 bits per heavy atom. The van der Waals surface area contributed by atoms with Gasteiger partial charge in [0.1, 0.15) is 0 Å². The summed E-state index contributed by atoms with van der Waals surface area (Å²) in [4.78, 5) is 27.4. The zero-order valence-electron chi connectivity index (χ0n) is 7.62. The van der Waals surface area contributed by atoms with E-state index in [4.69, 9.17) is 11.6 Å². The van der Waals surface area contributed by atoms with Crippen molar-refractivity contribution in [3.05, 3.63) is 47.2 Å². The Kier molecular flexibility index (Phi) is 3.18. The molecule has 0 spiro atoms. The van der Waals surface area contributed by atoms with Crippen LogP contribution in [0.15, 0.2) is 6.07 Å². The molecule has 1 aromatic carbocycles. The van der Waals surface area contributed by atoms with Gasteiger partial charge < -0.3 is 0 Å². The summed E-state index contributed by atoms with van der Waals surface area (Å²) in [5.41, 5.74) is -3.98. The van der Waals surface area contributed by atoms with Gasteiger partial charge in [-0.25, -0.2) is 0 Å². The van der Waals surface area contributed by atoms with Crippen LogP contribution in [0.25, 0.3) is 0 Å². The van der Waals surface area contributed by atoms with Crippen molar-refractivity contribution >= 4 is 28.7 Å². The maximum absolute atomic E-state index is 13.3. The van der Waals surface area contributed by atoms with E-state index in [9.17, 15) is 34.7 Å². The molecule has 9 nitrogen and oxygen atoms in total. The lowest BCUT2D eigenvalue weighted by atomic mass is 10.2. The molecule has 90 valence electrons. The zero-order valence-corrected chi connectivity index (χ0v) is 8.38. The zero-order chi connectivity index (χ0) is 13.3. The molecule has 0 aliphatic rings. The highest BCUT2D eigenvalue weighted by Gasteiger charge is 2.36. The van der Waals surface area contributed by atoms with Gasteiger partial charge in [-0.3, -0.25) is 30.3 Å².